The van der Waals surface area contributed by atoms with Gasteiger partial charge in [0.25, 0.3) is 5.92 Å². The van der Waals surface area contributed by atoms with Crippen molar-refractivity contribution in [1.82, 2.24) is 10.2 Å². The van der Waals surface area contributed by atoms with Crippen molar-refractivity contribution in [2.24, 2.45) is 5.92 Å². The number of benzene rings is 1. The summed E-state index contributed by atoms with van der Waals surface area (Å²) in [6, 6.07) is 2.51. The fraction of sp³-hybridized carbons (Fsp3) is 0.629. The number of methoxy groups -OCH3 is 1. The van der Waals surface area contributed by atoms with Gasteiger partial charge in [0.15, 0.2) is 0 Å². The highest BCUT2D eigenvalue weighted by atomic mass is 19.4. The van der Waals surface area contributed by atoms with Gasteiger partial charge in [-0.1, -0.05) is 72.8 Å². The molecule has 44 heavy (non-hydrogen) atoms. The van der Waals surface area contributed by atoms with E-state index in [0.717, 1.165) is 23.5 Å². The van der Waals surface area contributed by atoms with E-state index in [1.165, 1.54) is 45.1 Å². The number of Topliss-reactive ketones (excluding diaryl/α,β-unsaturated/α-hetero) is 1. The highest BCUT2D eigenvalue weighted by Crippen LogP contribution is 2.36. The van der Waals surface area contributed by atoms with Crippen molar-refractivity contribution in [2.45, 2.75) is 113 Å². The van der Waals surface area contributed by atoms with Crippen LogP contribution in [0.3, 0.4) is 0 Å². The predicted octanol–water partition coefficient (Wildman–Crippen LogP) is 10.3. The third kappa shape index (κ3) is 20.3. The normalized spacial score (nSPS) is 12.0. The molecule has 0 amide bonds. The molecule has 1 rings (SSSR count). The van der Waals surface area contributed by atoms with Gasteiger partial charge in [-0.3, -0.25) is 0 Å². The largest absolute Gasteiger partial charge is 0.416 e. The first kappa shape index (κ1) is 45.7. The molecule has 1 aromatic rings. The molecular formula is C35H59F5N2O2. The fourth-order valence-corrected chi connectivity index (χ4v) is 4.00. The summed E-state index contributed by atoms with van der Waals surface area (Å²) in [5.74, 6) is -2.45. The Hall–Kier alpha value is -2.68. The molecule has 1 aromatic carbocycles. The number of hydrogen-bond acceptors (Lipinski definition) is 4. The maximum atomic E-state index is 13.1. The summed E-state index contributed by atoms with van der Waals surface area (Å²) < 4.78 is 68.5. The average molecular weight is 635 g/mol. The molecule has 0 spiro atoms. The molecule has 0 heterocycles. The van der Waals surface area contributed by atoms with E-state index in [9.17, 15) is 26.7 Å². The van der Waals surface area contributed by atoms with E-state index in [4.69, 9.17) is 4.74 Å². The zero-order valence-corrected chi connectivity index (χ0v) is 29.3. The first-order valence-electron chi connectivity index (χ1n) is 15.3. The number of nitrogens with zero attached hydrogens (tertiary/aromatic N) is 1. The second-order valence-electron chi connectivity index (χ2n) is 10.7. The van der Waals surface area contributed by atoms with Gasteiger partial charge < -0.3 is 19.7 Å². The minimum atomic E-state index is -4.59. The van der Waals surface area contributed by atoms with Gasteiger partial charge in [0.05, 0.1) is 18.2 Å². The number of likely N-dealkylation sites (N-methyl/N-ethyl adjacent to an activating group) is 1. The second-order valence-corrected chi connectivity index (χ2v) is 10.7. The summed E-state index contributed by atoms with van der Waals surface area (Å²) in [7, 11) is 5.70. The molecule has 0 radical (unpaired) electrons. The van der Waals surface area contributed by atoms with E-state index >= 15 is 0 Å². The van der Waals surface area contributed by atoms with Crippen molar-refractivity contribution >= 4 is 5.78 Å². The van der Waals surface area contributed by atoms with Crippen molar-refractivity contribution in [3.8, 4) is 0 Å². The van der Waals surface area contributed by atoms with Crippen LogP contribution in [-0.4, -0.2) is 44.5 Å². The number of carbonyl (C=O) groups excluding carboxylic acids is 1. The molecule has 0 saturated heterocycles. The van der Waals surface area contributed by atoms with Crippen LogP contribution >= 0.6 is 0 Å². The predicted molar refractivity (Wildman–Crippen MR) is 176 cm³/mol. The van der Waals surface area contributed by atoms with E-state index < -0.39 is 23.2 Å². The molecule has 9 heteroatoms. The van der Waals surface area contributed by atoms with Gasteiger partial charge in [0.1, 0.15) is 5.78 Å². The molecular weight excluding hydrogens is 575 g/mol. The van der Waals surface area contributed by atoms with Crippen LogP contribution in [0.4, 0.5) is 22.0 Å². The number of ether oxygens (including phenoxy) is 1. The van der Waals surface area contributed by atoms with E-state index in [-0.39, 0.29) is 23.8 Å². The highest BCUT2D eigenvalue weighted by molar-refractivity contribution is 5.72. The Morgan fingerprint density at radius 3 is 1.82 bits per heavy atom. The first-order valence-corrected chi connectivity index (χ1v) is 15.3. The number of nitrogens with one attached hydrogen (secondary N) is 1. The van der Waals surface area contributed by atoms with Crippen molar-refractivity contribution in [1.29, 1.82) is 0 Å². The lowest BCUT2D eigenvalue weighted by Crippen LogP contribution is -2.38. The monoisotopic (exact) mass is 634 g/mol. The molecule has 256 valence electrons. The fourth-order valence-electron chi connectivity index (χ4n) is 4.00. The maximum Gasteiger partial charge on any atom is 0.416 e. The Bertz CT molecular complexity index is 986. The molecule has 0 bridgehead atoms. The Morgan fingerprint density at radius 2 is 1.48 bits per heavy atom. The van der Waals surface area contributed by atoms with Gasteiger partial charge in [0.2, 0.25) is 0 Å². The van der Waals surface area contributed by atoms with Crippen LogP contribution < -0.4 is 5.32 Å². The van der Waals surface area contributed by atoms with Crippen molar-refractivity contribution in [3.63, 3.8) is 0 Å². The summed E-state index contributed by atoms with van der Waals surface area (Å²) in [5.41, 5.74) is 1.82. The Balaban J connectivity index is -0.000000666. The van der Waals surface area contributed by atoms with Gasteiger partial charge in [-0.05, 0) is 69.2 Å². The highest BCUT2D eigenvalue weighted by Gasteiger charge is 2.34. The SMILES string of the molecule is C=C(NC(COC)C(=C)N(C)C)/C(C)=C/C(CCC)CCC.CC.CC(C)=O.CCc1ccc(C(F)(F)F)cc1C(C)(F)F. The molecule has 1 unspecified atom stereocenters. The second kappa shape index (κ2) is 23.7. The number of hydrogen-bond donors (Lipinski definition) is 1. The molecule has 1 N–H and O–H groups in total. The quantitative estimate of drug-likeness (QED) is 0.163. The third-order valence-electron chi connectivity index (χ3n) is 6.23. The lowest BCUT2D eigenvalue weighted by molar-refractivity contribution is -0.137. The topological polar surface area (TPSA) is 41.6 Å². The number of aryl methyl sites for hydroxylation is 1. The summed E-state index contributed by atoms with van der Waals surface area (Å²) in [5, 5.41) is 3.46. The minimum absolute atomic E-state index is 0.0478. The lowest BCUT2D eigenvalue weighted by Gasteiger charge is -2.28. The van der Waals surface area contributed by atoms with E-state index in [2.05, 4.69) is 45.3 Å². The van der Waals surface area contributed by atoms with Gasteiger partial charge in [-0.2, -0.15) is 13.2 Å². The van der Waals surface area contributed by atoms with Crippen LogP contribution in [0, 0.1) is 5.92 Å². The number of rotatable bonds is 14. The van der Waals surface area contributed by atoms with Crippen LogP contribution in [-0.2, 0) is 28.1 Å². The van der Waals surface area contributed by atoms with Crippen LogP contribution in [0.2, 0.25) is 0 Å². The summed E-state index contributed by atoms with van der Waals surface area (Å²) in [4.78, 5) is 11.5. The molecule has 1 atom stereocenters. The van der Waals surface area contributed by atoms with Crippen molar-refractivity contribution in [2.75, 3.05) is 27.8 Å². The van der Waals surface area contributed by atoms with Crippen LogP contribution in [0.5, 0.6) is 0 Å². The Morgan fingerprint density at radius 1 is 1.00 bits per heavy atom. The van der Waals surface area contributed by atoms with E-state index in [1.54, 1.807) is 14.0 Å². The number of alkyl halides is 5. The summed E-state index contributed by atoms with van der Waals surface area (Å²) >= 11 is 0. The van der Waals surface area contributed by atoms with Crippen LogP contribution in [0.15, 0.2) is 54.4 Å². The minimum Gasteiger partial charge on any atom is -0.382 e. The van der Waals surface area contributed by atoms with E-state index in [1.807, 2.05) is 32.8 Å². The molecule has 0 aromatic heterocycles. The zero-order chi connectivity index (χ0) is 35.3. The summed E-state index contributed by atoms with van der Waals surface area (Å²) in [6.45, 7) is 24.8. The van der Waals surface area contributed by atoms with Gasteiger partial charge in [-0.25, -0.2) is 8.78 Å². The molecule has 4 nitrogen and oxygen atoms in total. The third-order valence-corrected chi connectivity index (χ3v) is 6.23. The molecule has 0 aliphatic carbocycles. The number of ketones is 1. The van der Waals surface area contributed by atoms with Crippen molar-refractivity contribution in [3.05, 3.63) is 71.1 Å². The van der Waals surface area contributed by atoms with E-state index in [0.29, 0.717) is 25.5 Å². The lowest BCUT2D eigenvalue weighted by atomic mass is 9.95. The zero-order valence-electron chi connectivity index (χ0n) is 29.3. The van der Waals surface area contributed by atoms with Gasteiger partial charge in [0, 0.05) is 45.1 Å². The smallest absolute Gasteiger partial charge is 0.382 e. The molecule has 0 aliphatic heterocycles. The first-order chi connectivity index (χ1) is 20.3. The van der Waals surface area contributed by atoms with Gasteiger partial charge in [-0.15, -0.1) is 0 Å². The Labute approximate surface area is 264 Å². The molecule has 0 fully saturated rings. The molecule has 0 aliphatic rings. The van der Waals surface area contributed by atoms with Crippen LogP contribution in [0.25, 0.3) is 0 Å². The van der Waals surface area contributed by atoms with Crippen LogP contribution in [0.1, 0.15) is 105 Å². The number of halogens is 5. The van der Waals surface area contributed by atoms with Crippen molar-refractivity contribution < 1.29 is 31.5 Å². The maximum absolute atomic E-state index is 13.1. The summed E-state index contributed by atoms with van der Waals surface area (Å²) in [6.07, 6.45) is 2.97. The molecule has 0 saturated carbocycles. The number of carbonyl (C=O) groups is 1. The average Bonchev–Trinajstić information content (AvgIpc) is 2.92. The Kier molecular flexibility index (Phi) is 24.6. The van der Waals surface area contributed by atoms with Gasteiger partial charge >= 0.3 is 6.18 Å². The standard InChI is InChI=1S/C19H36N2O.C11H11F5.C3H6O.C2H6/c1-9-11-18(12-10-2)13-15(3)16(4)20-19(14-22-8)17(5)21(6)7;1-3-7-4-5-8(11(14,15)16)6-9(7)10(2,12)13;1-3(2)4;1-2/h13,18-20H,4-5,9-12,14H2,1-3,6-8H3;4-6H,3H2,1-2H3;1-2H3;1-2H3/b15-13+;;;. The number of allylic oxidation sites excluding steroid dienone is 2.